The van der Waals surface area contributed by atoms with Crippen LogP contribution in [0, 0.1) is 0 Å². The van der Waals surface area contributed by atoms with Gasteiger partial charge in [-0.25, -0.2) is 4.98 Å². The fourth-order valence-electron chi connectivity index (χ4n) is 9.62. The molecule has 0 bridgehead atoms. The van der Waals surface area contributed by atoms with Crippen molar-refractivity contribution >= 4 is 43.6 Å². The molecule has 1 spiro atoms. The van der Waals surface area contributed by atoms with Crippen molar-refractivity contribution < 1.29 is 4.42 Å². The molecule has 2 heterocycles. The van der Waals surface area contributed by atoms with Crippen LogP contribution >= 0.6 is 0 Å². The van der Waals surface area contributed by atoms with Gasteiger partial charge in [0, 0.05) is 38.1 Å². The molecule has 0 unspecified atom stereocenters. The molecule has 0 radical (unpaired) electrons. The summed E-state index contributed by atoms with van der Waals surface area (Å²) in [6.07, 6.45) is 0. The van der Waals surface area contributed by atoms with E-state index in [1.54, 1.807) is 0 Å². The molecule has 2 heteroatoms. The van der Waals surface area contributed by atoms with Crippen LogP contribution in [0.25, 0.3) is 88.3 Å². The molecule has 52 heavy (non-hydrogen) atoms. The molecule has 0 atom stereocenters. The number of benzene rings is 8. The summed E-state index contributed by atoms with van der Waals surface area (Å²) >= 11 is 0. The van der Waals surface area contributed by atoms with Crippen molar-refractivity contribution in [1.29, 1.82) is 0 Å². The molecule has 0 amide bonds. The Hall–Kier alpha value is -6.77. The van der Waals surface area contributed by atoms with E-state index in [1.165, 1.54) is 49.9 Å². The van der Waals surface area contributed by atoms with Gasteiger partial charge in [-0.1, -0.05) is 152 Å². The maximum Gasteiger partial charge on any atom is 0.143 e. The quantitative estimate of drug-likeness (QED) is 0.173. The first-order chi connectivity index (χ1) is 25.8. The monoisotopic (exact) mass is 659 g/mol. The van der Waals surface area contributed by atoms with Gasteiger partial charge in [0.05, 0.1) is 16.6 Å². The topological polar surface area (TPSA) is 26.0 Å². The highest BCUT2D eigenvalue weighted by Gasteiger charge is 2.51. The molecule has 2 aliphatic rings. The van der Waals surface area contributed by atoms with Gasteiger partial charge in [0.2, 0.25) is 0 Å². The average Bonchev–Trinajstić information content (AvgIpc) is 3.85. The van der Waals surface area contributed by atoms with Gasteiger partial charge in [0.25, 0.3) is 0 Å². The third-order valence-corrected chi connectivity index (χ3v) is 11.7. The van der Waals surface area contributed by atoms with Crippen LogP contribution in [0.15, 0.2) is 180 Å². The van der Waals surface area contributed by atoms with Gasteiger partial charge in [-0.2, -0.15) is 0 Å². The average molecular weight is 660 g/mol. The van der Waals surface area contributed by atoms with Gasteiger partial charge in [-0.05, 0) is 74.3 Å². The highest BCUT2D eigenvalue weighted by Crippen LogP contribution is 2.63. The summed E-state index contributed by atoms with van der Waals surface area (Å²) in [5, 5.41) is 5.67. The predicted octanol–water partition coefficient (Wildman–Crippen LogP) is 13.0. The molecule has 240 valence electrons. The third kappa shape index (κ3) is 3.46. The lowest BCUT2D eigenvalue weighted by Gasteiger charge is -2.30. The normalized spacial score (nSPS) is 13.5. The van der Waals surface area contributed by atoms with Crippen molar-refractivity contribution in [2.75, 3.05) is 0 Å². The smallest absolute Gasteiger partial charge is 0.143 e. The Morgan fingerprint density at radius 2 is 0.962 bits per heavy atom. The molecule has 0 saturated carbocycles. The highest BCUT2D eigenvalue weighted by molar-refractivity contribution is 6.30. The molecule has 0 saturated heterocycles. The number of pyridine rings is 1. The molecule has 0 N–H and O–H groups in total. The van der Waals surface area contributed by atoms with Crippen LogP contribution in [0.5, 0.6) is 0 Å². The van der Waals surface area contributed by atoms with E-state index in [2.05, 4.69) is 176 Å². The minimum Gasteiger partial charge on any atom is -0.455 e. The van der Waals surface area contributed by atoms with Crippen LogP contribution in [-0.2, 0) is 5.41 Å². The summed E-state index contributed by atoms with van der Waals surface area (Å²) in [5.74, 6) is 0. The van der Waals surface area contributed by atoms with Crippen molar-refractivity contribution in [3.63, 3.8) is 0 Å². The van der Waals surface area contributed by atoms with Gasteiger partial charge in [-0.3, -0.25) is 0 Å². The predicted molar refractivity (Wildman–Crippen MR) is 214 cm³/mol. The molecule has 2 aliphatic carbocycles. The molecule has 10 aromatic rings. The first-order valence-electron chi connectivity index (χ1n) is 18.0. The van der Waals surface area contributed by atoms with Crippen LogP contribution < -0.4 is 0 Å². The molecule has 8 aromatic carbocycles. The van der Waals surface area contributed by atoms with Crippen LogP contribution in [-0.4, -0.2) is 4.98 Å². The zero-order chi connectivity index (χ0) is 34.0. The lowest BCUT2D eigenvalue weighted by molar-refractivity contribution is 0.670. The maximum atomic E-state index is 6.93. The fourth-order valence-corrected chi connectivity index (χ4v) is 9.62. The summed E-state index contributed by atoms with van der Waals surface area (Å²) < 4.78 is 6.93. The summed E-state index contributed by atoms with van der Waals surface area (Å²) in [5.41, 5.74) is 17.1. The lowest BCUT2D eigenvalue weighted by Crippen LogP contribution is -2.25. The first kappa shape index (κ1) is 28.0. The summed E-state index contributed by atoms with van der Waals surface area (Å²) in [6, 6.07) is 64.0. The van der Waals surface area contributed by atoms with E-state index in [0.29, 0.717) is 0 Å². The Balaban J connectivity index is 1.23. The van der Waals surface area contributed by atoms with E-state index in [4.69, 9.17) is 9.40 Å². The molecule has 12 rings (SSSR count). The maximum absolute atomic E-state index is 6.93. The Morgan fingerprint density at radius 1 is 0.385 bits per heavy atom. The second-order valence-electron chi connectivity index (χ2n) is 14.1. The second-order valence-corrected chi connectivity index (χ2v) is 14.1. The van der Waals surface area contributed by atoms with Crippen molar-refractivity contribution in [3.05, 3.63) is 198 Å². The fraction of sp³-hybridized carbons (Fsp3) is 0.0200. The van der Waals surface area contributed by atoms with E-state index in [9.17, 15) is 0 Å². The van der Waals surface area contributed by atoms with Crippen LogP contribution in [0.1, 0.15) is 22.3 Å². The van der Waals surface area contributed by atoms with Crippen molar-refractivity contribution in [3.8, 4) is 44.6 Å². The van der Waals surface area contributed by atoms with Gasteiger partial charge in [0.1, 0.15) is 11.2 Å². The molecule has 0 aliphatic heterocycles. The molecule has 2 aromatic heterocycles. The van der Waals surface area contributed by atoms with E-state index >= 15 is 0 Å². The van der Waals surface area contributed by atoms with Crippen LogP contribution in [0.3, 0.4) is 0 Å². The Kier molecular flexibility index (Phi) is 5.46. The minimum absolute atomic E-state index is 0.425. The number of fused-ring (bicyclic) bond motifs is 17. The number of aromatic nitrogens is 1. The number of para-hydroxylation sites is 2. The second kappa shape index (κ2) is 10.2. The minimum atomic E-state index is -0.425. The number of hydrogen-bond acceptors (Lipinski definition) is 2. The lowest BCUT2D eigenvalue weighted by atomic mass is 9.70. The Labute approximate surface area is 300 Å². The van der Waals surface area contributed by atoms with E-state index in [1.807, 2.05) is 0 Å². The standard InChI is InChI=1S/C50H29NO/c1-2-14-30(15-3-1)48-39-29-38(49-47(37-20-8-13-25-45(37)52-49)46(39)36-19-7-12-24-44(36)51-48)31-26-27-35-34-18-6-11-23-42(34)50(43(35)28-31)40-21-9-4-16-32(40)33-17-5-10-22-41(33)50/h1-29H. The number of hydrogen-bond donors (Lipinski definition) is 0. The molecule has 2 nitrogen and oxygen atoms in total. The summed E-state index contributed by atoms with van der Waals surface area (Å²) in [4.78, 5) is 5.34. The van der Waals surface area contributed by atoms with E-state index in [0.717, 1.165) is 60.6 Å². The molecule has 0 fully saturated rings. The number of nitrogens with zero attached hydrogens (tertiary/aromatic N) is 1. The summed E-state index contributed by atoms with van der Waals surface area (Å²) in [7, 11) is 0. The first-order valence-corrected chi connectivity index (χ1v) is 18.0. The van der Waals surface area contributed by atoms with Gasteiger partial charge in [0.15, 0.2) is 0 Å². The largest absolute Gasteiger partial charge is 0.455 e. The zero-order valence-corrected chi connectivity index (χ0v) is 28.1. The molecular weight excluding hydrogens is 631 g/mol. The third-order valence-electron chi connectivity index (χ3n) is 11.7. The van der Waals surface area contributed by atoms with Gasteiger partial charge < -0.3 is 4.42 Å². The van der Waals surface area contributed by atoms with Gasteiger partial charge in [-0.15, -0.1) is 0 Å². The van der Waals surface area contributed by atoms with E-state index < -0.39 is 5.41 Å². The Morgan fingerprint density at radius 3 is 1.67 bits per heavy atom. The Bertz CT molecular complexity index is 3070. The van der Waals surface area contributed by atoms with Crippen molar-refractivity contribution in [1.82, 2.24) is 4.98 Å². The van der Waals surface area contributed by atoms with E-state index in [-0.39, 0.29) is 0 Å². The highest BCUT2D eigenvalue weighted by atomic mass is 16.3. The van der Waals surface area contributed by atoms with Crippen molar-refractivity contribution in [2.45, 2.75) is 5.41 Å². The SMILES string of the molecule is c1ccc(-c2nc3ccccc3c3c2cc(-c2ccc4c(c2)C2(c5ccccc5-c5ccccc52)c2ccccc2-4)c2oc4ccccc4c23)cc1. The van der Waals surface area contributed by atoms with Crippen molar-refractivity contribution in [2.24, 2.45) is 0 Å². The van der Waals surface area contributed by atoms with Crippen LogP contribution in [0.2, 0.25) is 0 Å². The number of furan rings is 1. The number of rotatable bonds is 2. The summed E-state index contributed by atoms with van der Waals surface area (Å²) in [6.45, 7) is 0. The molecular formula is C50H29NO. The van der Waals surface area contributed by atoms with Gasteiger partial charge >= 0.3 is 0 Å². The van der Waals surface area contributed by atoms with Crippen LogP contribution in [0.4, 0.5) is 0 Å². The zero-order valence-electron chi connectivity index (χ0n) is 28.1.